The minimum absolute atomic E-state index is 0.0475. The molecule has 1 aromatic rings. The Morgan fingerprint density at radius 1 is 1.50 bits per heavy atom. The van der Waals surface area contributed by atoms with Crippen molar-refractivity contribution in [3.8, 4) is 0 Å². The van der Waals surface area contributed by atoms with Crippen LogP contribution in [-0.2, 0) is 6.42 Å². The maximum absolute atomic E-state index is 10.9. The third-order valence-electron chi connectivity index (χ3n) is 1.42. The van der Waals surface area contributed by atoms with Crippen molar-refractivity contribution in [2.24, 2.45) is 0 Å². The van der Waals surface area contributed by atoms with Gasteiger partial charge >= 0.3 is 0 Å². The number of rotatable bonds is 3. The summed E-state index contributed by atoms with van der Waals surface area (Å²) in [4.78, 5) is 15.1. The van der Waals surface area contributed by atoms with E-state index >= 15 is 0 Å². The highest BCUT2D eigenvalue weighted by Gasteiger charge is 2.06. The Balaban J connectivity index is 2.71. The molecule has 0 bridgehead atoms. The molecule has 65 valence electrons. The number of aromatic nitrogens is 1. The maximum atomic E-state index is 10.9. The van der Waals surface area contributed by atoms with Gasteiger partial charge in [0.2, 0.25) is 0 Å². The Morgan fingerprint density at radius 3 is 2.58 bits per heavy atom. The van der Waals surface area contributed by atoms with Crippen molar-refractivity contribution in [1.82, 2.24) is 4.98 Å². The van der Waals surface area contributed by atoms with Crippen molar-refractivity contribution in [3.05, 3.63) is 22.0 Å². The molecule has 0 fully saturated rings. The number of thiazole rings is 1. The van der Waals surface area contributed by atoms with Crippen LogP contribution in [0.4, 0.5) is 0 Å². The number of carbonyl (C=O) groups excluding carboxylic acids is 1. The number of ketones is 1. The van der Waals surface area contributed by atoms with Crippen LogP contribution in [-0.4, -0.2) is 10.8 Å². The first-order valence-corrected chi connectivity index (χ1v) is 4.72. The van der Waals surface area contributed by atoms with Crippen LogP contribution >= 0.6 is 11.3 Å². The lowest BCUT2D eigenvalue weighted by molar-refractivity contribution is 0.101. The van der Waals surface area contributed by atoms with Crippen LogP contribution in [0.15, 0.2) is 5.38 Å². The molecule has 12 heavy (non-hydrogen) atoms. The standard InChI is InChI=1S/C9H12NOS/c1-6(2)4-9-10-8(5-12-9)7(3)11/h5H,4H2,1-3H3. The van der Waals surface area contributed by atoms with E-state index in [0.29, 0.717) is 5.69 Å². The molecule has 0 saturated carbocycles. The molecule has 0 aliphatic rings. The molecule has 0 aliphatic heterocycles. The van der Waals surface area contributed by atoms with Crippen molar-refractivity contribution >= 4 is 17.1 Å². The molecule has 0 saturated heterocycles. The van der Waals surface area contributed by atoms with Crippen LogP contribution in [0.5, 0.6) is 0 Å². The first-order chi connectivity index (χ1) is 5.59. The molecule has 0 amide bonds. The van der Waals surface area contributed by atoms with Gasteiger partial charge in [0.1, 0.15) is 5.69 Å². The second-order valence-electron chi connectivity index (χ2n) is 3.07. The summed E-state index contributed by atoms with van der Waals surface area (Å²) in [5, 5.41) is 2.85. The van der Waals surface area contributed by atoms with Crippen molar-refractivity contribution < 1.29 is 4.79 Å². The average molecular weight is 182 g/mol. The Labute approximate surface area is 76.6 Å². The van der Waals surface area contributed by atoms with Crippen LogP contribution in [0.25, 0.3) is 0 Å². The molecular formula is C9H12NOS. The van der Waals surface area contributed by atoms with Crippen LogP contribution in [0.2, 0.25) is 0 Å². The minimum atomic E-state index is 0.0475. The number of hydrogen-bond acceptors (Lipinski definition) is 3. The summed E-state index contributed by atoms with van der Waals surface area (Å²) >= 11 is 1.55. The fourth-order valence-electron chi connectivity index (χ4n) is 0.856. The Hall–Kier alpha value is -0.700. The van der Waals surface area contributed by atoms with Gasteiger partial charge in [-0.3, -0.25) is 4.79 Å². The molecule has 1 heterocycles. The lowest BCUT2D eigenvalue weighted by Crippen LogP contribution is -1.95. The average Bonchev–Trinajstić information content (AvgIpc) is 2.34. The van der Waals surface area contributed by atoms with Crippen molar-refractivity contribution in [1.29, 1.82) is 0 Å². The van der Waals surface area contributed by atoms with Gasteiger partial charge < -0.3 is 0 Å². The number of nitrogens with zero attached hydrogens (tertiary/aromatic N) is 1. The molecule has 1 aromatic heterocycles. The van der Waals surface area contributed by atoms with Crippen LogP contribution in [0.3, 0.4) is 0 Å². The van der Waals surface area contributed by atoms with Crippen LogP contribution in [0.1, 0.15) is 36.3 Å². The Kier molecular flexibility index (Phi) is 2.98. The summed E-state index contributed by atoms with van der Waals surface area (Å²) in [6, 6.07) is 0. The summed E-state index contributed by atoms with van der Waals surface area (Å²) in [5.74, 6) is 1.37. The molecule has 0 aromatic carbocycles. The number of carbonyl (C=O) groups is 1. The highest BCUT2D eigenvalue weighted by atomic mass is 32.1. The van der Waals surface area contributed by atoms with Gasteiger partial charge in [-0.25, -0.2) is 4.98 Å². The van der Waals surface area contributed by atoms with Gasteiger partial charge in [-0.1, -0.05) is 13.8 Å². The molecule has 3 heteroatoms. The fraction of sp³-hybridized carbons (Fsp3) is 0.444. The first kappa shape index (κ1) is 9.39. The zero-order valence-corrected chi connectivity index (χ0v) is 8.36. The second kappa shape index (κ2) is 3.81. The minimum Gasteiger partial charge on any atom is -0.293 e. The van der Waals surface area contributed by atoms with Gasteiger partial charge in [-0.2, -0.15) is 0 Å². The van der Waals surface area contributed by atoms with Gasteiger partial charge in [0.25, 0.3) is 0 Å². The van der Waals surface area contributed by atoms with Gasteiger partial charge in [0.15, 0.2) is 5.78 Å². The Morgan fingerprint density at radius 2 is 2.17 bits per heavy atom. The summed E-state index contributed by atoms with van der Waals surface area (Å²) in [6.45, 7) is 5.67. The van der Waals surface area contributed by atoms with E-state index in [2.05, 4.69) is 18.8 Å². The third kappa shape index (κ3) is 2.41. The molecule has 0 atom stereocenters. The molecular weight excluding hydrogens is 170 g/mol. The first-order valence-electron chi connectivity index (χ1n) is 3.84. The smallest absolute Gasteiger partial charge is 0.178 e. The van der Waals surface area contributed by atoms with E-state index in [1.54, 1.807) is 18.3 Å². The fourth-order valence-corrected chi connectivity index (χ4v) is 1.85. The van der Waals surface area contributed by atoms with E-state index in [4.69, 9.17) is 0 Å². The third-order valence-corrected chi connectivity index (χ3v) is 2.27. The number of Topliss-reactive ketones (excluding diaryl/α,β-unsaturated/α-hetero) is 1. The molecule has 0 N–H and O–H groups in total. The van der Waals surface area contributed by atoms with Gasteiger partial charge in [-0.05, 0) is 5.92 Å². The van der Waals surface area contributed by atoms with Crippen molar-refractivity contribution in [2.75, 3.05) is 0 Å². The van der Waals surface area contributed by atoms with Crippen molar-refractivity contribution in [2.45, 2.75) is 27.2 Å². The molecule has 0 spiro atoms. The van der Waals surface area contributed by atoms with Crippen LogP contribution in [0, 0.1) is 5.92 Å². The highest BCUT2D eigenvalue weighted by Crippen LogP contribution is 2.15. The molecule has 1 radical (unpaired) electrons. The quantitative estimate of drug-likeness (QED) is 0.672. The predicted octanol–water partition coefficient (Wildman–Crippen LogP) is 2.50. The monoisotopic (exact) mass is 182 g/mol. The van der Waals surface area contributed by atoms with E-state index in [0.717, 1.165) is 11.4 Å². The SMILES string of the molecule is C[C](C)Cc1nc(C(C)=O)cs1. The van der Waals surface area contributed by atoms with Gasteiger partial charge in [0.05, 0.1) is 5.01 Å². The van der Waals surface area contributed by atoms with Crippen LogP contribution < -0.4 is 0 Å². The topological polar surface area (TPSA) is 30.0 Å². The maximum Gasteiger partial charge on any atom is 0.178 e. The summed E-state index contributed by atoms with van der Waals surface area (Å²) in [5.41, 5.74) is 0.594. The van der Waals surface area contributed by atoms with E-state index in [1.807, 2.05) is 5.38 Å². The van der Waals surface area contributed by atoms with E-state index in [1.165, 1.54) is 5.92 Å². The van der Waals surface area contributed by atoms with E-state index in [-0.39, 0.29) is 5.78 Å². The normalized spacial score (nSPS) is 10.7. The zero-order valence-electron chi connectivity index (χ0n) is 7.55. The summed E-state index contributed by atoms with van der Waals surface area (Å²) in [6.07, 6.45) is 0.887. The molecule has 0 unspecified atom stereocenters. The molecule has 0 aliphatic carbocycles. The lowest BCUT2D eigenvalue weighted by Gasteiger charge is -1.97. The van der Waals surface area contributed by atoms with E-state index in [9.17, 15) is 4.79 Å². The highest BCUT2D eigenvalue weighted by molar-refractivity contribution is 7.09. The molecule has 1 rings (SSSR count). The lowest BCUT2D eigenvalue weighted by atomic mass is 10.1. The largest absolute Gasteiger partial charge is 0.293 e. The molecule has 2 nitrogen and oxygen atoms in total. The summed E-state index contributed by atoms with van der Waals surface area (Å²) < 4.78 is 0. The van der Waals surface area contributed by atoms with E-state index < -0.39 is 0 Å². The predicted molar refractivity (Wildman–Crippen MR) is 50.4 cm³/mol. The second-order valence-corrected chi connectivity index (χ2v) is 4.01. The van der Waals surface area contributed by atoms with Gasteiger partial charge in [-0.15, -0.1) is 11.3 Å². The summed E-state index contributed by atoms with van der Waals surface area (Å²) in [7, 11) is 0. The van der Waals surface area contributed by atoms with Gasteiger partial charge in [0, 0.05) is 18.7 Å². The van der Waals surface area contributed by atoms with Crippen molar-refractivity contribution in [3.63, 3.8) is 0 Å². The zero-order chi connectivity index (χ0) is 9.14. The Bertz CT molecular complexity index is 278. The number of hydrogen-bond donors (Lipinski definition) is 0.